The Balaban J connectivity index is 1.56. The van der Waals surface area contributed by atoms with Crippen molar-refractivity contribution in [2.75, 3.05) is 5.32 Å². The van der Waals surface area contributed by atoms with Gasteiger partial charge in [0.15, 0.2) is 4.96 Å². The summed E-state index contributed by atoms with van der Waals surface area (Å²) in [6, 6.07) is 13.0. The zero-order chi connectivity index (χ0) is 19.0. The van der Waals surface area contributed by atoms with Crippen LogP contribution in [-0.2, 0) is 11.2 Å². The molecule has 0 unspecified atom stereocenters. The molecule has 136 valence electrons. The molecular weight excluding hydrogens is 401 g/mol. The van der Waals surface area contributed by atoms with Crippen LogP contribution in [0.3, 0.4) is 0 Å². The van der Waals surface area contributed by atoms with Crippen molar-refractivity contribution in [1.82, 2.24) is 9.38 Å². The number of halogens is 2. The van der Waals surface area contributed by atoms with Crippen molar-refractivity contribution in [3.8, 4) is 11.3 Å². The Morgan fingerprint density at radius 3 is 2.67 bits per heavy atom. The monoisotopic (exact) mass is 415 g/mol. The van der Waals surface area contributed by atoms with Gasteiger partial charge in [0.1, 0.15) is 0 Å². The molecule has 1 amide bonds. The average Bonchev–Trinajstić information content (AvgIpc) is 3.21. The molecule has 2 aromatic heterocycles. The SMILES string of the molecule is Cc1ccc(Cl)cc1NC(=O)Cc1csc2nc(-c3ccc(Cl)cc3)cn12. The quantitative estimate of drug-likeness (QED) is 0.453. The van der Waals surface area contributed by atoms with Gasteiger partial charge >= 0.3 is 0 Å². The van der Waals surface area contributed by atoms with E-state index in [0.717, 1.165) is 33.2 Å². The number of nitrogens with zero attached hydrogens (tertiary/aromatic N) is 2. The van der Waals surface area contributed by atoms with Crippen LogP contribution < -0.4 is 5.32 Å². The van der Waals surface area contributed by atoms with Crippen LogP contribution in [0, 0.1) is 6.92 Å². The molecule has 2 heterocycles. The summed E-state index contributed by atoms with van der Waals surface area (Å²) in [7, 11) is 0. The molecule has 0 radical (unpaired) electrons. The number of fused-ring (bicyclic) bond motifs is 1. The summed E-state index contributed by atoms with van der Waals surface area (Å²) in [4.78, 5) is 18.0. The summed E-state index contributed by atoms with van der Waals surface area (Å²) < 4.78 is 1.96. The summed E-state index contributed by atoms with van der Waals surface area (Å²) in [5.41, 5.74) is 4.42. The molecule has 4 aromatic rings. The maximum absolute atomic E-state index is 12.5. The number of aryl methyl sites for hydroxylation is 1. The van der Waals surface area contributed by atoms with Gasteiger partial charge in [-0.15, -0.1) is 11.3 Å². The highest BCUT2D eigenvalue weighted by Crippen LogP contribution is 2.25. The number of rotatable bonds is 4. The number of thiazole rings is 1. The number of carbonyl (C=O) groups excluding carboxylic acids is 1. The van der Waals surface area contributed by atoms with Crippen molar-refractivity contribution in [2.24, 2.45) is 0 Å². The Kier molecular flexibility index (Phi) is 4.91. The Labute approximate surface area is 170 Å². The van der Waals surface area contributed by atoms with Gasteiger partial charge in [-0.3, -0.25) is 9.20 Å². The first kappa shape index (κ1) is 18.0. The van der Waals surface area contributed by atoms with E-state index in [0.29, 0.717) is 10.0 Å². The predicted octanol–water partition coefficient (Wildman–Crippen LogP) is 5.86. The summed E-state index contributed by atoms with van der Waals surface area (Å²) in [6.45, 7) is 1.93. The van der Waals surface area contributed by atoms with Gasteiger partial charge in [-0.25, -0.2) is 4.98 Å². The lowest BCUT2D eigenvalue weighted by atomic mass is 10.2. The molecule has 4 rings (SSSR count). The smallest absolute Gasteiger partial charge is 0.230 e. The number of hydrogen-bond donors (Lipinski definition) is 1. The summed E-state index contributed by atoms with van der Waals surface area (Å²) in [5.74, 6) is -0.0955. The highest BCUT2D eigenvalue weighted by molar-refractivity contribution is 7.15. The van der Waals surface area contributed by atoms with Crippen LogP contribution in [0.15, 0.2) is 54.0 Å². The topological polar surface area (TPSA) is 46.4 Å². The van der Waals surface area contributed by atoms with E-state index in [4.69, 9.17) is 23.2 Å². The molecule has 0 fully saturated rings. The molecule has 27 heavy (non-hydrogen) atoms. The molecule has 7 heteroatoms. The number of hydrogen-bond acceptors (Lipinski definition) is 3. The number of anilines is 1. The minimum Gasteiger partial charge on any atom is -0.325 e. The van der Waals surface area contributed by atoms with E-state index in [1.807, 2.05) is 53.2 Å². The zero-order valence-corrected chi connectivity index (χ0v) is 16.7. The maximum Gasteiger partial charge on any atom is 0.230 e. The third-order valence-electron chi connectivity index (χ3n) is 4.24. The van der Waals surface area contributed by atoms with Crippen molar-refractivity contribution >= 4 is 51.1 Å². The van der Waals surface area contributed by atoms with E-state index in [9.17, 15) is 4.79 Å². The highest BCUT2D eigenvalue weighted by atomic mass is 35.5. The van der Waals surface area contributed by atoms with Gasteiger partial charge in [-0.2, -0.15) is 0 Å². The molecule has 4 nitrogen and oxygen atoms in total. The first-order valence-electron chi connectivity index (χ1n) is 8.27. The Morgan fingerprint density at radius 2 is 1.89 bits per heavy atom. The number of benzene rings is 2. The summed E-state index contributed by atoms with van der Waals surface area (Å²) in [6.07, 6.45) is 2.20. The summed E-state index contributed by atoms with van der Waals surface area (Å²) in [5, 5.41) is 6.17. The largest absolute Gasteiger partial charge is 0.325 e. The molecule has 1 N–H and O–H groups in total. The normalized spacial score (nSPS) is 11.1. The molecule has 0 saturated carbocycles. The van der Waals surface area contributed by atoms with E-state index in [1.165, 1.54) is 11.3 Å². The van der Waals surface area contributed by atoms with Crippen LogP contribution in [0.4, 0.5) is 5.69 Å². The Morgan fingerprint density at radius 1 is 1.15 bits per heavy atom. The standard InChI is InChI=1S/C20H15Cl2N3OS/c1-12-2-5-15(22)8-17(12)23-19(26)9-16-11-27-20-24-18(10-25(16)20)13-3-6-14(21)7-4-13/h2-8,10-11H,9H2,1H3,(H,23,26). The molecule has 0 saturated heterocycles. The lowest BCUT2D eigenvalue weighted by molar-refractivity contribution is -0.115. The fourth-order valence-electron chi connectivity index (χ4n) is 2.80. The fourth-order valence-corrected chi connectivity index (χ4v) is 3.98. The second kappa shape index (κ2) is 7.35. The zero-order valence-electron chi connectivity index (χ0n) is 14.4. The van der Waals surface area contributed by atoms with E-state index in [1.54, 1.807) is 12.1 Å². The molecule has 0 bridgehead atoms. The van der Waals surface area contributed by atoms with Gasteiger partial charge in [-0.05, 0) is 36.8 Å². The number of nitrogens with one attached hydrogen (secondary N) is 1. The molecule has 0 atom stereocenters. The van der Waals surface area contributed by atoms with Gasteiger partial charge in [0.25, 0.3) is 0 Å². The van der Waals surface area contributed by atoms with E-state index >= 15 is 0 Å². The number of carbonyl (C=O) groups is 1. The number of amides is 1. The molecule has 0 aliphatic carbocycles. The lowest BCUT2D eigenvalue weighted by Gasteiger charge is -2.08. The van der Waals surface area contributed by atoms with Gasteiger partial charge in [0.2, 0.25) is 5.91 Å². The lowest BCUT2D eigenvalue weighted by Crippen LogP contribution is -2.16. The maximum atomic E-state index is 12.5. The Hall–Kier alpha value is -2.34. The van der Waals surface area contributed by atoms with Crippen LogP contribution in [-0.4, -0.2) is 15.3 Å². The minimum absolute atomic E-state index is 0.0955. The van der Waals surface area contributed by atoms with Crippen LogP contribution >= 0.6 is 34.5 Å². The average molecular weight is 416 g/mol. The van der Waals surface area contributed by atoms with Crippen LogP contribution in [0.25, 0.3) is 16.2 Å². The molecular formula is C20H15Cl2N3OS. The van der Waals surface area contributed by atoms with Crippen molar-refractivity contribution in [1.29, 1.82) is 0 Å². The van der Waals surface area contributed by atoms with Gasteiger partial charge < -0.3 is 5.32 Å². The van der Waals surface area contributed by atoms with Crippen molar-refractivity contribution < 1.29 is 4.79 Å². The number of imidazole rings is 1. The van der Waals surface area contributed by atoms with E-state index in [2.05, 4.69) is 10.3 Å². The second-order valence-corrected chi connectivity index (χ2v) is 7.91. The minimum atomic E-state index is -0.0955. The molecule has 0 aliphatic heterocycles. The third kappa shape index (κ3) is 3.86. The van der Waals surface area contributed by atoms with Crippen molar-refractivity contribution in [3.05, 3.63) is 75.3 Å². The van der Waals surface area contributed by atoms with Crippen LogP contribution in [0.2, 0.25) is 10.0 Å². The van der Waals surface area contributed by atoms with E-state index < -0.39 is 0 Å². The Bertz CT molecular complexity index is 1130. The van der Waals surface area contributed by atoms with Gasteiger partial charge in [0.05, 0.1) is 12.1 Å². The highest BCUT2D eigenvalue weighted by Gasteiger charge is 2.13. The summed E-state index contributed by atoms with van der Waals surface area (Å²) >= 11 is 13.5. The molecule has 2 aromatic carbocycles. The van der Waals surface area contributed by atoms with Crippen molar-refractivity contribution in [3.63, 3.8) is 0 Å². The van der Waals surface area contributed by atoms with Crippen molar-refractivity contribution in [2.45, 2.75) is 13.3 Å². The first-order valence-corrected chi connectivity index (χ1v) is 9.90. The van der Waals surface area contributed by atoms with Crippen LogP contribution in [0.1, 0.15) is 11.3 Å². The molecule has 0 spiro atoms. The third-order valence-corrected chi connectivity index (χ3v) is 5.61. The van der Waals surface area contributed by atoms with Crippen LogP contribution in [0.5, 0.6) is 0 Å². The first-order chi connectivity index (χ1) is 13.0. The van der Waals surface area contributed by atoms with Gasteiger partial charge in [-0.1, -0.05) is 41.4 Å². The fraction of sp³-hybridized carbons (Fsp3) is 0.100. The molecule has 0 aliphatic rings. The number of aromatic nitrogens is 2. The van der Waals surface area contributed by atoms with Gasteiger partial charge in [0, 0.05) is 38.6 Å². The second-order valence-electron chi connectivity index (χ2n) is 6.20. The van der Waals surface area contributed by atoms with E-state index in [-0.39, 0.29) is 12.3 Å². The predicted molar refractivity (Wildman–Crippen MR) is 112 cm³/mol.